The zero-order valence-corrected chi connectivity index (χ0v) is 34.5. The van der Waals surface area contributed by atoms with Gasteiger partial charge in [0.2, 0.25) is 0 Å². The molecule has 0 aliphatic heterocycles. The van der Waals surface area contributed by atoms with Gasteiger partial charge in [-0.05, 0) is 81.7 Å². The van der Waals surface area contributed by atoms with E-state index >= 15 is 0 Å². The third-order valence-corrected chi connectivity index (χ3v) is 11.7. The molecule has 7 aromatic carbocycles. The van der Waals surface area contributed by atoms with Crippen LogP contribution in [0.3, 0.4) is 0 Å². The predicted molar refractivity (Wildman–Crippen MR) is 235 cm³/mol. The maximum absolute atomic E-state index is 5.52. The first-order valence-electron chi connectivity index (χ1n) is 19.5. The Balaban J connectivity index is 0.00000408. The van der Waals surface area contributed by atoms with E-state index in [0.29, 0.717) is 0 Å². The number of benzene rings is 7. The number of aryl methyl sites for hydroxylation is 1. The third kappa shape index (κ3) is 5.56. The summed E-state index contributed by atoms with van der Waals surface area (Å²) in [7, 11) is 0. The smallest absolute Gasteiger partial charge is 0.656 e. The van der Waals surface area contributed by atoms with Crippen molar-refractivity contribution in [3.8, 4) is 34.0 Å². The molecule has 280 valence electrons. The van der Waals surface area contributed by atoms with Crippen LogP contribution in [0.4, 0.5) is 0 Å². The fourth-order valence-electron chi connectivity index (χ4n) is 8.71. The van der Waals surface area contributed by atoms with Gasteiger partial charge >= 0.3 is 21.1 Å². The first kappa shape index (κ1) is 35.8. The van der Waals surface area contributed by atoms with Crippen molar-refractivity contribution in [1.29, 1.82) is 0 Å². The Morgan fingerprint density at radius 1 is 0.586 bits per heavy atom. The van der Waals surface area contributed by atoms with E-state index in [-0.39, 0.29) is 26.5 Å². The SMILES string of the molecule is Cc1ccnc(-n2c3[c-]c(-c4cccc5c4nc(-c4cccc6c4[n-]c4ccccc46)n5-c4ccccc4)ccc3c3ccc(C(C)(C)c4ccccc4)cc32)c1.[Pt+2]. The minimum Gasteiger partial charge on any atom is -0.656 e. The number of imidazole rings is 1. The number of para-hydroxylation sites is 4. The first-order valence-corrected chi connectivity index (χ1v) is 19.5. The standard InChI is InChI=1S/C52H37N5.Pt/c1-33-28-29-53-48(30-33)57-46-31-34(24-26-40(46)41-27-25-36(32-47(41)57)52(2,3)35-14-6-4-7-15-35)38-19-13-23-45-50(38)55-51(56(45)37-16-8-5-9-17-37)43-21-12-20-42-39-18-10-11-22-44(39)54-49(42)43;/h4-30,32H,1-3H3;/q-2;+2. The Morgan fingerprint density at radius 2 is 1.31 bits per heavy atom. The van der Waals surface area contributed by atoms with Crippen LogP contribution in [0.5, 0.6) is 0 Å². The van der Waals surface area contributed by atoms with Gasteiger partial charge in [-0.15, -0.1) is 34.8 Å². The van der Waals surface area contributed by atoms with E-state index in [9.17, 15) is 0 Å². The Hall–Kier alpha value is -6.55. The molecule has 0 spiro atoms. The van der Waals surface area contributed by atoms with Crippen LogP contribution >= 0.6 is 0 Å². The first-order chi connectivity index (χ1) is 27.9. The van der Waals surface area contributed by atoms with Gasteiger partial charge in [0.25, 0.3) is 0 Å². The summed E-state index contributed by atoms with van der Waals surface area (Å²) in [5.41, 5.74) is 13.4. The van der Waals surface area contributed by atoms with Crippen LogP contribution < -0.4 is 4.98 Å². The molecule has 0 bridgehead atoms. The van der Waals surface area contributed by atoms with Crippen LogP contribution in [0, 0.1) is 13.0 Å². The molecule has 4 aromatic heterocycles. The summed E-state index contributed by atoms with van der Waals surface area (Å²) >= 11 is 0. The van der Waals surface area contributed by atoms with Crippen molar-refractivity contribution in [2.75, 3.05) is 0 Å². The van der Waals surface area contributed by atoms with Gasteiger partial charge in [0.05, 0.1) is 11.0 Å². The monoisotopic (exact) mass is 926 g/mol. The average Bonchev–Trinajstić information content (AvgIpc) is 3.93. The summed E-state index contributed by atoms with van der Waals surface area (Å²) < 4.78 is 4.56. The van der Waals surface area contributed by atoms with Gasteiger partial charge < -0.3 is 9.55 Å². The largest absolute Gasteiger partial charge is 2.00 e. The van der Waals surface area contributed by atoms with Crippen molar-refractivity contribution >= 4 is 54.6 Å². The number of pyridine rings is 1. The molecule has 4 heterocycles. The number of hydrogen-bond donors (Lipinski definition) is 0. The van der Waals surface area contributed by atoms with Crippen LogP contribution in [-0.4, -0.2) is 19.1 Å². The van der Waals surface area contributed by atoms with Crippen molar-refractivity contribution in [2.24, 2.45) is 0 Å². The molecule has 5 nitrogen and oxygen atoms in total. The molecule has 0 saturated heterocycles. The van der Waals surface area contributed by atoms with Crippen LogP contribution in [-0.2, 0) is 26.5 Å². The second kappa shape index (κ2) is 13.8. The molecule has 58 heavy (non-hydrogen) atoms. The molecule has 6 heteroatoms. The molecule has 11 aromatic rings. The van der Waals surface area contributed by atoms with E-state index in [1.54, 1.807) is 0 Å². The Kier molecular flexibility index (Phi) is 8.54. The van der Waals surface area contributed by atoms with E-state index in [4.69, 9.17) is 15.0 Å². The van der Waals surface area contributed by atoms with Gasteiger partial charge in [0.1, 0.15) is 11.6 Å². The van der Waals surface area contributed by atoms with Gasteiger partial charge in [0, 0.05) is 28.4 Å². The Bertz CT molecular complexity index is 3330. The summed E-state index contributed by atoms with van der Waals surface area (Å²) in [6, 6.07) is 61.9. The van der Waals surface area contributed by atoms with Crippen molar-refractivity contribution in [3.63, 3.8) is 0 Å². The molecule has 0 radical (unpaired) electrons. The molecule has 0 N–H and O–H groups in total. The van der Waals surface area contributed by atoms with E-state index < -0.39 is 0 Å². The maximum Gasteiger partial charge on any atom is 2.00 e. The van der Waals surface area contributed by atoms with Crippen LogP contribution in [0.25, 0.3) is 88.7 Å². The number of hydrogen-bond acceptors (Lipinski definition) is 2. The minimum atomic E-state index is -0.203. The topological polar surface area (TPSA) is 49.7 Å². The summed E-state index contributed by atoms with van der Waals surface area (Å²) in [6.07, 6.45) is 1.90. The zero-order chi connectivity index (χ0) is 38.3. The van der Waals surface area contributed by atoms with Crippen LogP contribution in [0.15, 0.2) is 170 Å². The number of fused-ring (bicyclic) bond motifs is 7. The second-order valence-electron chi connectivity index (χ2n) is 15.5. The fraction of sp³-hybridized carbons (Fsp3) is 0.0769. The molecule has 0 amide bonds. The van der Waals surface area contributed by atoms with E-state index in [1.807, 2.05) is 18.3 Å². The van der Waals surface area contributed by atoms with E-state index in [0.717, 1.165) is 88.8 Å². The van der Waals surface area contributed by atoms with E-state index in [1.165, 1.54) is 16.5 Å². The average molecular weight is 927 g/mol. The fourth-order valence-corrected chi connectivity index (χ4v) is 8.71. The summed E-state index contributed by atoms with van der Waals surface area (Å²) in [5.74, 6) is 1.72. The van der Waals surface area contributed by atoms with Gasteiger partial charge in [-0.3, -0.25) is 4.57 Å². The van der Waals surface area contributed by atoms with Gasteiger partial charge in [-0.25, -0.2) is 9.97 Å². The second-order valence-corrected chi connectivity index (χ2v) is 15.5. The van der Waals surface area contributed by atoms with E-state index in [2.05, 4.69) is 188 Å². The predicted octanol–water partition coefficient (Wildman–Crippen LogP) is 12.5. The van der Waals surface area contributed by atoms with Crippen LogP contribution in [0.1, 0.15) is 30.5 Å². The maximum atomic E-state index is 5.52. The minimum absolute atomic E-state index is 0. The van der Waals surface area contributed by atoms with Gasteiger partial charge in [0.15, 0.2) is 0 Å². The number of nitrogens with zero attached hydrogens (tertiary/aromatic N) is 5. The molecule has 11 rings (SSSR count). The number of aromatic nitrogens is 5. The molecule has 0 unspecified atom stereocenters. The molecule has 0 aliphatic carbocycles. The van der Waals surface area contributed by atoms with Crippen molar-refractivity contribution < 1.29 is 21.1 Å². The third-order valence-electron chi connectivity index (χ3n) is 11.7. The van der Waals surface area contributed by atoms with Crippen molar-refractivity contribution in [1.82, 2.24) is 24.1 Å². The number of rotatable bonds is 6. The van der Waals surface area contributed by atoms with Gasteiger partial charge in [-0.1, -0.05) is 140 Å². The molecular formula is C52H37N5Pt. The Morgan fingerprint density at radius 3 is 2.14 bits per heavy atom. The van der Waals surface area contributed by atoms with Crippen molar-refractivity contribution in [3.05, 3.63) is 193 Å². The molecule has 0 fully saturated rings. The summed E-state index contributed by atoms with van der Waals surface area (Å²) in [6.45, 7) is 6.71. The normalized spacial score (nSPS) is 11.9. The Labute approximate surface area is 350 Å². The quantitative estimate of drug-likeness (QED) is 0.156. The van der Waals surface area contributed by atoms with Crippen molar-refractivity contribution in [2.45, 2.75) is 26.2 Å². The zero-order valence-electron chi connectivity index (χ0n) is 32.2. The molecular weight excluding hydrogens is 890 g/mol. The summed E-state index contributed by atoms with van der Waals surface area (Å²) in [4.78, 5) is 15.6. The summed E-state index contributed by atoms with van der Waals surface area (Å²) in [5, 5.41) is 4.57. The molecule has 0 atom stereocenters. The molecule has 0 saturated carbocycles. The molecule has 0 aliphatic rings. The van der Waals surface area contributed by atoms with Crippen LogP contribution in [0.2, 0.25) is 0 Å². The van der Waals surface area contributed by atoms with Gasteiger partial charge in [-0.2, -0.15) is 0 Å².